The molecule has 2 aliphatic heterocycles. The summed E-state index contributed by atoms with van der Waals surface area (Å²) in [5.74, 6) is 0.446. The molecule has 2 aliphatic rings. The predicted octanol–water partition coefficient (Wildman–Crippen LogP) is 2.22. The molecule has 1 aromatic rings. The minimum absolute atomic E-state index is 0.0446. The van der Waals surface area contributed by atoms with E-state index in [2.05, 4.69) is 16.8 Å². The van der Waals surface area contributed by atoms with Crippen LogP contribution in [0.3, 0.4) is 0 Å². The maximum absolute atomic E-state index is 13.6. The number of aromatic nitrogens is 1. The second-order valence-electron chi connectivity index (χ2n) is 5.73. The number of rotatable bonds is 2. The Morgan fingerprint density at radius 3 is 3.22 bits per heavy atom. The van der Waals surface area contributed by atoms with Gasteiger partial charge in [0, 0.05) is 31.4 Å². The SMILES string of the molecule is C[C@H]1CO[C@]2(CCN(Cc3ccncc3F)C2)C1. The van der Waals surface area contributed by atoms with Gasteiger partial charge in [-0.3, -0.25) is 9.88 Å². The third kappa shape index (κ3) is 2.27. The van der Waals surface area contributed by atoms with Crippen molar-refractivity contribution in [3.63, 3.8) is 0 Å². The normalized spacial score (nSPS) is 32.4. The molecular weight excluding hydrogens is 231 g/mol. The van der Waals surface area contributed by atoms with Gasteiger partial charge in [-0.15, -0.1) is 0 Å². The molecule has 0 saturated carbocycles. The molecule has 4 heteroatoms. The van der Waals surface area contributed by atoms with E-state index < -0.39 is 0 Å². The molecule has 3 nitrogen and oxygen atoms in total. The van der Waals surface area contributed by atoms with Crippen LogP contribution in [0.5, 0.6) is 0 Å². The summed E-state index contributed by atoms with van der Waals surface area (Å²) in [5, 5.41) is 0. The Morgan fingerprint density at radius 1 is 1.61 bits per heavy atom. The van der Waals surface area contributed by atoms with E-state index in [0.717, 1.165) is 38.1 Å². The summed E-state index contributed by atoms with van der Waals surface area (Å²) in [4.78, 5) is 6.07. The summed E-state index contributed by atoms with van der Waals surface area (Å²) >= 11 is 0. The average Bonchev–Trinajstić information content (AvgIpc) is 2.90. The van der Waals surface area contributed by atoms with Crippen molar-refractivity contribution in [2.24, 2.45) is 5.92 Å². The number of halogens is 1. The summed E-state index contributed by atoms with van der Waals surface area (Å²) in [6.45, 7) is 5.69. The third-order valence-corrected chi connectivity index (χ3v) is 4.04. The van der Waals surface area contributed by atoms with Crippen LogP contribution in [0.15, 0.2) is 18.5 Å². The third-order valence-electron chi connectivity index (χ3n) is 4.04. The lowest BCUT2D eigenvalue weighted by molar-refractivity contribution is 0.0112. The number of ether oxygens (including phenoxy) is 1. The van der Waals surface area contributed by atoms with Crippen molar-refractivity contribution in [3.8, 4) is 0 Å². The highest BCUT2D eigenvalue weighted by atomic mass is 19.1. The van der Waals surface area contributed by atoms with E-state index in [1.165, 1.54) is 6.20 Å². The number of nitrogens with zero attached hydrogens (tertiary/aromatic N) is 2. The molecule has 1 spiro atoms. The van der Waals surface area contributed by atoms with Gasteiger partial charge in [-0.25, -0.2) is 4.39 Å². The van der Waals surface area contributed by atoms with Crippen molar-refractivity contribution in [2.45, 2.75) is 31.9 Å². The molecule has 1 aromatic heterocycles. The molecular formula is C14H19FN2O. The Bertz CT molecular complexity index is 440. The van der Waals surface area contributed by atoms with Gasteiger partial charge in [-0.2, -0.15) is 0 Å². The lowest BCUT2D eigenvalue weighted by atomic mass is 9.94. The van der Waals surface area contributed by atoms with E-state index >= 15 is 0 Å². The molecule has 0 radical (unpaired) electrons. The predicted molar refractivity (Wildman–Crippen MR) is 66.6 cm³/mol. The molecule has 2 fully saturated rings. The van der Waals surface area contributed by atoms with E-state index in [0.29, 0.717) is 12.5 Å². The van der Waals surface area contributed by atoms with Crippen LogP contribution in [0.25, 0.3) is 0 Å². The summed E-state index contributed by atoms with van der Waals surface area (Å²) in [6.07, 6.45) is 5.15. The van der Waals surface area contributed by atoms with Crippen LogP contribution in [-0.2, 0) is 11.3 Å². The monoisotopic (exact) mass is 250 g/mol. The Hall–Kier alpha value is -1.00. The molecule has 2 atom stereocenters. The number of hydrogen-bond donors (Lipinski definition) is 0. The number of hydrogen-bond acceptors (Lipinski definition) is 3. The van der Waals surface area contributed by atoms with E-state index in [-0.39, 0.29) is 11.4 Å². The van der Waals surface area contributed by atoms with Gasteiger partial charge in [0.05, 0.1) is 18.4 Å². The fourth-order valence-electron chi connectivity index (χ4n) is 3.19. The first kappa shape index (κ1) is 12.1. The van der Waals surface area contributed by atoms with Crippen LogP contribution in [0.1, 0.15) is 25.3 Å². The fourth-order valence-corrected chi connectivity index (χ4v) is 3.19. The molecule has 0 aliphatic carbocycles. The molecule has 3 rings (SSSR count). The summed E-state index contributed by atoms with van der Waals surface area (Å²) in [7, 11) is 0. The van der Waals surface area contributed by atoms with Crippen molar-refractivity contribution in [3.05, 3.63) is 29.8 Å². The van der Waals surface area contributed by atoms with E-state index in [1.54, 1.807) is 12.3 Å². The Kier molecular flexibility index (Phi) is 3.08. The van der Waals surface area contributed by atoms with Crippen LogP contribution < -0.4 is 0 Å². The molecule has 0 amide bonds. The van der Waals surface area contributed by atoms with Crippen LogP contribution >= 0.6 is 0 Å². The summed E-state index contributed by atoms with van der Waals surface area (Å²) < 4.78 is 19.5. The topological polar surface area (TPSA) is 25.4 Å². The first-order chi connectivity index (χ1) is 8.67. The van der Waals surface area contributed by atoms with Gasteiger partial charge in [0.1, 0.15) is 5.82 Å². The first-order valence-corrected chi connectivity index (χ1v) is 6.62. The van der Waals surface area contributed by atoms with Crippen LogP contribution in [-0.4, -0.2) is 35.2 Å². The zero-order valence-corrected chi connectivity index (χ0v) is 10.7. The quantitative estimate of drug-likeness (QED) is 0.804. The maximum Gasteiger partial charge on any atom is 0.145 e. The van der Waals surface area contributed by atoms with Gasteiger partial charge in [0.2, 0.25) is 0 Å². The maximum atomic E-state index is 13.6. The zero-order chi connectivity index (χ0) is 12.6. The minimum atomic E-state index is -0.209. The van der Waals surface area contributed by atoms with Gasteiger partial charge < -0.3 is 4.74 Å². The Balaban J connectivity index is 1.65. The van der Waals surface area contributed by atoms with E-state index in [4.69, 9.17) is 4.74 Å². The summed E-state index contributed by atoms with van der Waals surface area (Å²) in [6, 6.07) is 1.76. The Labute approximate surface area is 107 Å². The smallest absolute Gasteiger partial charge is 0.145 e. The highest BCUT2D eigenvalue weighted by Gasteiger charge is 2.44. The Morgan fingerprint density at radius 2 is 2.50 bits per heavy atom. The highest BCUT2D eigenvalue weighted by Crippen LogP contribution is 2.38. The van der Waals surface area contributed by atoms with Crippen LogP contribution in [0.2, 0.25) is 0 Å². The van der Waals surface area contributed by atoms with E-state index in [9.17, 15) is 4.39 Å². The number of pyridine rings is 1. The average molecular weight is 250 g/mol. The van der Waals surface area contributed by atoms with Crippen LogP contribution in [0.4, 0.5) is 4.39 Å². The lowest BCUT2D eigenvalue weighted by Gasteiger charge is -2.23. The second-order valence-corrected chi connectivity index (χ2v) is 5.73. The molecule has 2 saturated heterocycles. The van der Waals surface area contributed by atoms with E-state index in [1.807, 2.05) is 0 Å². The van der Waals surface area contributed by atoms with Crippen molar-refractivity contribution < 1.29 is 9.13 Å². The van der Waals surface area contributed by atoms with Gasteiger partial charge in [0.25, 0.3) is 0 Å². The van der Waals surface area contributed by atoms with Crippen molar-refractivity contribution in [1.29, 1.82) is 0 Å². The molecule has 98 valence electrons. The van der Waals surface area contributed by atoms with Gasteiger partial charge in [-0.1, -0.05) is 6.92 Å². The molecule has 0 unspecified atom stereocenters. The van der Waals surface area contributed by atoms with Crippen molar-refractivity contribution >= 4 is 0 Å². The lowest BCUT2D eigenvalue weighted by Crippen LogP contribution is -2.32. The van der Waals surface area contributed by atoms with Crippen molar-refractivity contribution in [1.82, 2.24) is 9.88 Å². The molecule has 3 heterocycles. The minimum Gasteiger partial charge on any atom is -0.373 e. The highest BCUT2D eigenvalue weighted by molar-refractivity contribution is 5.13. The first-order valence-electron chi connectivity index (χ1n) is 6.62. The molecule has 0 bridgehead atoms. The largest absolute Gasteiger partial charge is 0.373 e. The standard InChI is InChI=1S/C14H19FN2O/c1-11-6-14(18-9-11)3-5-17(10-14)8-12-2-4-16-7-13(12)15/h2,4,7,11H,3,5-6,8-10H2,1H3/t11-,14-/m1/s1. The van der Waals surface area contributed by atoms with Gasteiger partial charge in [-0.05, 0) is 24.8 Å². The van der Waals surface area contributed by atoms with Crippen LogP contribution in [0, 0.1) is 11.7 Å². The van der Waals surface area contributed by atoms with Gasteiger partial charge in [0.15, 0.2) is 0 Å². The zero-order valence-electron chi connectivity index (χ0n) is 10.7. The second kappa shape index (κ2) is 4.59. The molecule has 0 N–H and O–H groups in total. The van der Waals surface area contributed by atoms with Gasteiger partial charge >= 0.3 is 0 Å². The summed E-state index contributed by atoms with van der Waals surface area (Å²) in [5.41, 5.74) is 0.774. The van der Waals surface area contributed by atoms with Crippen molar-refractivity contribution in [2.75, 3.05) is 19.7 Å². The fraction of sp³-hybridized carbons (Fsp3) is 0.643. The number of likely N-dealkylation sites (tertiary alicyclic amines) is 1. The molecule has 18 heavy (non-hydrogen) atoms. The molecule has 0 aromatic carbocycles.